The first kappa shape index (κ1) is 16.2. The summed E-state index contributed by atoms with van der Waals surface area (Å²) >= 11 is 0. The average Bonchev–Trinajstić information content (AvgIpc) is 2.62. The maximum absolute atomic E-state index is 11.4. The van der Waals surface area contributed by atoms with Crippen LogP contribution in [0.1, 0.15) is 19.4 Å². The molecule has 1 aromatic carbocycles. The minimum absolute atomic E-state index is 0.111. The molecule has 0 spiro atoms. The lowest BCUT2D eigenvalue weighted by Gasteiger charge is -2.33. The molecule has 3 rings (SSSR count). The van der Waals surface area contributed by atoms with Crippen molar-refractivity contribution in [3.05, 3.63) is 36.0 Å². The largest absolute Gasteiger partial charge is 0.339 e. The van der Waals surface area contributed by atoms with E-state index in [0.717, 1.165) is 25.2 Å². The summed E-state index contributed by atoms with van der Waals surface area (Å²) in [4.78, 5) is 19.9. The van der Waals surface area contributed by atoms with E-state index in [9.17, 15) is 4.79 Å². The van der Waals surface area contributed by atoms with Crippen LogP contribution in [0.3, 0.4) is 0 Å². The second-order valence-electron chi connectivity index (χ2n) is 5.77. The van der Waals surface area contributed by atoms with Crippen LogP contribution < -0.4 is 10.2 Å². The van der Waals surface area contributed by atoms with Gasteiger partial charge in [0.15, 0.2) is 5.82 Å². The van der Waals surface area contributed by atoms with Crippen LogP contribution in [0, 0.1) is 0 Å². The van der Waals surface area contributed by atoms with E-state index in [0.29, 0.717) is 24.9 Å². The molecule has 1 aliphatic heterocycles. The number of piperazine rings is 1. The highest BCUT2D eigenvalue weighted by Gasteiger charge is 2.21. The number of carbonyl (C=O) groups is 1. The van der Waals surface area contributed by atoms with Gasteiger partial charge in [-0.2, -0.15) is 10.1 Å². The predicted molar refractivity (Wildman–Crippen MR) is 93.4 cm³/mol. The molecular weight excluding hydrogens is 304 g/mol. The standard InChI is InChI=1S/C17H22N6O/c1-3-14-6-4-5-7-15(14)19-16-12-18-21-17(20-16)23-10-8-22(9-11-23)13(2)24/h4-7,12H,3,8-11H2,1-2H3,(H,19,20,21). The van der Waals surface area contributed by atoms with Crippen molar-refractivity contribution in [1.82, 2.24) is 20.1 Å². The number of aromatic nitrogens is 3. The summed E-state index contributed by atoms with van der Waals surface area (Å²) in [5.41, 5.74) is 2.26. The van der Waals surface area contributed by atoms with Gasteiger partial charge in [0.2, 0.25) is 11.9 Å². The highest BCUT2D eigenvalue weighted by atomic mass is 16.2. The van der Waals surface area contributed by atoms with Crippen LogP contribution in [0.5, 0.6) is 0 Å². The van der Waals surface area contributed by atoms with Crippen molar-refractivity contribution in [2.45, 2.75) is 20.3 Å². The van der Waals surface area contributed by atoms with Crippen molar-refractivity contribution in [2.75, 3.05) is 36.4 Å². The van der Waals surface area contributed by atoms with Gasteiger partial charge in [0, 0.05) is 38.8 Å². The fraction of sp³-hybridized carbons (Fsp3) is 0.412. The van der Waals surface area contributed by atoms with E-state index in [1.807, 2.05) is 23.1 Å². The number of benzene rings is 1. The van der Waals surface area contributed by atoms with Crippen LogP contribution in [0.2, 0.25) is 0 Å². The third kappa shape index (κ3) is 3.61. The van der Waals surface area contributed by atoms with Crippen molar-refractivity contribution >= 4 is 23.4 Å². The van der Waals surface area contributed by atoms with Crippen LogP contribution in [0.25, 0.3) is 0 Å². The summed E-state index contributed by atoms with van der Waals surface area (Å²) in [6, 6.07) is 8.16. The number of nitrogens with zero attached hydrogens (tertiary/aromatic N) is 5. The van der Waals surface area contributed by atoms with Gasteiger partial charge < -0.3 is 15.1 Å². The number of para-hydroxylation sites is 1. The molecule has 7 nitrogen and oxygen atoms in total. The first-order valence-electron chi connectivity index (χ1n) is 8.22. The number of hydrogen-bond donors (Lipinski definition) is 1. The zero-order valence-electron chi connectivity index (χ0n) is 14.1. The van der Waals surface area contributed by atoms with Crippen LogP contribution in [-0.4, -0.2) is 52.2 Å². The Balaban J connectivity index is 1.72. The quantitative estimate of drug-likeness (QED) is 0.924. The molecule has 1 N–H and O–H groups in total. The van der Waals surface area contributed by atoms with Crippen molar-refractivity contribution in [3.8, 4) is 0 Å². The summed E-state index contributed by atoms with van der Waals surface area (Å²) in [5.74, 6) is 1.38. The molecule has 2 heterocycles. The SMILES string of the molecule is CCc1ccccc1Nc1cnnc(N2CCN(C(C)=O)CC2)n1. The molecule has 0 radical (unpaired) electrons. The lowest BCUT2D eigenvalue weighted by Crippen LogP contribution is -2.48. The maximum Gasteiger partial charge on any atom is 0.247 e. The molecule has 7 heteroatoms. The highest BCUT2D eigenvalue weighted by molar-refractivity contribution is 5.73. The van der Waals surface area contributed by atoms with E-state index in [-0.39, 0.29) is 5.91 Å². The van der Waals surface area contributed by atoms with Gasteiger partial charge in [-0.05, 0) is 18.1 Å². The number of rotatable bonds is 4. The maximum atomic E-state index is 11.4. The Kier molecular flexibility index (Phi) is 4.88. The molecule has 0 saturated carbocycles. The lowest BCUT2D eigenvalue weighted by molar-refractivity contribution is -0.129. The Hall–Kier alpha value is -2.70. The molecule has 1 fully saturated rings. The van der Waals surface area contributed by atoms with Gasteiger partial charge in [0.1, 0.15) is 0 Å². The van der Waals surface area contributed by atoms with E-state index in [4.69, 9.17) is 0 Å². The molecular formula is C17H22N6O. The second kappa shape index (κ2) is 7.25. The van der Waals surface area contributed by atoms with Crippen molar-refractivity contribution < 1.29 is 4.79 Å². The molecule has 0 bridgehead atoms. The summed E-state index contributed by atoms with van der Waals surface area (Å²) in [6.45, 7) is 6.54. The smallest absolute Gasteiger partial charge is 0.247 e. The van der Waals surface area contributed by atoms with Gasteiger partial charge in [-0.15, -0.1) is 5.10 Å². The first-order valence-corrected chi connectivity index (χ1v) is 8.22. The van der Waals surface area contributed by atoms with E-state index < -0.39 is 0 Å². The Morgan fingerprint density at radius 2 is 1.96 bits per heavy atom. The topological polar surface area (TPSA) is 74.2 Å². The molecule has 1 amide bonds. The molecule has 2 aromatic rings. The fourth-order valence-electron chi connectivity index (χ4n) is 2.80. The molecule has 0 aliphatic carbocycles. The molecule has 1 saturated heterocycles. The van der Waals surface area contributed by atoms with Crippen LogP contribution in [0.15, 0.2) is 30.5 Å². The number of carbonyl (C=O) groups excluding carboxylic acids is 1. The van der Waals surface area contributed by atoms with E-state index >= 15 is 0 Å². The third-order valence-corrected chi connectivity index (χ3v) is 4.22. The summed E-state index contributed by atoms with van der Waals surface area (Å²) < 4.78 is 0. The van der Waals surface area contributed by atoms with Gasteiger partial charge in [0.05, 0.1) is 6.20 Å². The Morgan fingerprint density at radius 1 is 1.21 bits per heavy atom. The van der Waals surface area contributed by atoms with Crippen molar-refractivity contribution in [1.29, 1.82) is 0 Å². The molecule has 24 heavy (non-hydrogen) atoms. The highest BCUT2D eigenvalue weighted by Crippen LogP contribution is 2.20. The summed E-state index contributed by atoms with van der Waals surface area (Å²) in [6.07, 6.45) is 2.57. The number of amides is 1. The van der Waals surface area contributed by atoms with Gasteiger partial charge in [-0.1, -0.05) is 25.1 Å². The van der Waals surface area contributed by atoms with Crippen molar-refractivity contribution in [3.63, 3.8) is 0 Å². The number of aryl methyl sites for hydroxylation is 1. The summed E-state index contributed by atoms with van der Waals surface area (Å²) in [7, 11) is 0. The predicted octanol–water partition coefficient (Wildman–Crippen LogP) is 1.85. The summed E-state index contributed by atoms with van der Waals surface area (Å²) in [5, 5.41) is 11.5. The number of nitrogens with one attached hydrogen (secondary N) is 1. The van der Waals surface area contributed by atoms with Gasteiger partial charge >= 0.3 is 0 Å². The molecule has 1 aliphatic rings. The molecule has 0 atom stereocenters. The monoisotopic (exact) mass is 326 g/mol. The average molecular weight is 326 g/mol. The minimum Gasteiger partial charge on any atom is -0.339 e. The normalized spacial score (nSPS) is 14.6. The van der Waals surface area contributed by atoms with Gasteiger partial charge in [0.25, 0.3) is 0 Å². The second-order valence-corrected chi connectivity index (χ2v) is 5.77. The van der Waals surface area contributed by atoms with Crippen LogP contribution in [-0.2, 0) is 11.2 Å². The lowest BCUT2D eigenvalue weighted by atomic mass is 10.1. The number of anilines is 3. The van der Waals surface area contributed by atoms with Gasteiger partial charge in [-0.25, -0.2) is 0 Å². The van der Waals surface area contributed by atoms with E-state index in [1.165, 1.54) is 5.56 Å². The van der Waals surface area contributed by atoms with Gasteiger partial charge in [-0.3, -0.25) is 4.79 Å². The van der Waals surface area contributed by atoms with Crippen LogP contribution in [0.4, 0.5) is 17.5 Å². The Bertz CT molecular complexity index is 712. The zero-order chi connectivity index (χ0) is 16.9. The first-order chi connectivity index (χ1) is 11.7. The fourth-order valence-corrected chi connectivity index (χ4v) is 2.80. The number of hydrogen-bond acceptors (Lipinski definition) is 6. The molecule has 126 valence electrons. The van der Waals surface area contributed by atoms with E-state index in [1.54, 1.807) is 13.1 Å². The van der Waals surface area contributed by atoms with E-state index in [2.05, 4.69) is 38.4 Å². The van der Waals surface area contributed by atoms with Crippen LogP contribution >= 0.6 is 0 Å². The molecule has 1 aromatic heterocycles. The Labute approximate surface area is 141 Å². The minimum atomic E-state index is 0.111. The third-order valence-electron chi connectivity index (χ3n) is 4.22. The zero-order valence-corrected chi connectivity index (χ0v) is 14.1. The molecule has 0 unspecified atom stereocenters. The Morgan fingerprint density at radius 3 is 2.67 bits per heavy atom. The van der Waals surface area contributed by atoms with Crippen molar-refractivity contribution in [2.24, 2.45) is 0 Å².